The molecule has 0 fully saturated rings. The number of unbranched alkanes of at least 4 members (excludes halogenated alkanes) is 1. The summed E-state index contributed by atoms with van der Waals surface area (Å²) in [6.45, 7) is 14.1. The van der Waals surface area contributed by atoms with Crippen LogP contribution in [0.3, 0.4) is 0 Å². The standard InChI is InChI=1S/C6H14.C5H13N.C2H6/c1-4-5-6(2)3;1-3-4-5-6-2;1-2/h6H,4-5H2,1-3H3;6H,3-5H2,1-2H3;1-2H3. The molecule has 0 saturated heterocycles. The lowest BCUT2D eigenvalue weighted by Gasteiger charge is -1.95. The van der Waals surface area contributed by atoms with E-state index in [4.69, 9.17) is 0 Å². The minimum atomic E-state index is 0.898. The molecule has 0 heterocycles. The molecule has 1 nitrogen and oxygen atoms in total. The first-order chi connectivity index (χ1) is 6.68. The van der Waals surface area contributed by atoms with Gasteiger partial charge in [-0.05, 0) is 25.9 Å². The molecule has 0 aliphatic rings. The van der Waals surface area contributed by atoms with Crippen molar-refractivity contribution in [3.8, 4) is 0 Å². The van der Waals surface area contributed by atoms with Crippen molar-refractivity contribution in [1.82, 2.24) is 5.32 Å². The molecule has 1 N–H and O–H groups in total. The van der Waals surface area contributed by atoms with Crippen molar-refractivity contribution in [3.05, 3.63) is 0 Å². The van der Waals surface area contributed by atoms with Gasteiger partial charge >= 0.3 is 0 Å². The van der Waals surface area contributed by atoms with Crippen LogP contribution >= 0.6 is 0 Å². The normalized spacial score (nSPS) is 8.57. The molecule has 0 amide bonds. The van der Waals surface area contributed by atoms with E-state index in [0.29, 0.717) is 0 Å². The highest BCUT2D eigenvalue weighted by atomic mass is 14.8. The SMILES string of the molecule is CC.CCCC(C)C.CCCCNC. The zero-order valence-electron chi connectivity index (χ0n) is 11.6. The lowest BCUT2D eigenvalue weighted by atomic mass is 10.1. The summed E-state index contributed by atoms with van der Waals surface area (Å²) >= 11 is 0. The minimum Gasteiger partial charge on any atom is -0.320 e. The molecule has 1 heteroatoms. The quantitative estimate of drug-likeness (QED) is 0.650. The van der Waals surface area contributed by atoms with Gasteiger partial charge in [0.25, 0.3) is 0 Å². The third-order valence-electron chi connectivity index (χ3n) is 1.65. The first kappa shape index (κ1) is 19.5. The molecule has 0 atom stereocenters. The van der Waals surface area contributed by atoms with Crippen LogP contribution in [-0.4, -0.2) is 13.6 Å². The maximum Gasteiger partial charge on any atom is -0.00520 e. The Morgan fingerprint density at radius 1 is 1.00 bits per heavy atom. The average molecular weight is 203 g/mol. The highest BCUT2D eigenvalue weighted by molar-refractivity contribution is 4.38. The summed E-state index contributed by atoms with van der Waals surface area (Å²) in [5.41, 5.74) is 0. The third-order valence-corrected chi connectivity index (χ3v) is 1.65. The fraction of sp³-hybridized carbons (Fsp3) is 1.00. The van der Waals surface area contributed by atoms with E-state index in [1.807, 2.05) is 20.9 Å². The van der Waals surface area contributed by atoms with Gasteiger partial charge in [0, 0.05) is 0 Å². The van der Waals surface area contributed by atoms with Gasteiger partial charge in [0.15, 0.2) is 0 Å². The summed E-state index contributed by atoms with van der Waals surface area (Å²) in [6.07, 6.45) is 5.30. The van der Waals surface area contributed by atoms with E-state index in [9.17, 15) is 0 Å². The highest BCUT2D eigenvalue weighted by Crippen LogP contribution is 2.00. The van der Waals surface area contributed by atoms with E-state index < -0.39 is 0 Å². The molecule has 0 rings (SSSR count). The highest BCUT2D eigenvalue weighted by Gasteiger charge is 1.85. The Morgan fingerprint density at radius 3 is 1.57 bits per heavy atom. The van der Waals surface area contributed by atoms with Crippen molar-refractivity contribution in [2.45, 2.75) is 67.2 Å². The molecule has 0 aromatic rings. The monoisotopic (exact) mass is 203 g/mol. The summed E-state index contributed by atoms with van der Waals surface area (Å²) in [4.78, 5) is 0. The molecule has 14 heavy (non-hydrogen) atoms. The molecule has 0 aromatic heterocycles. The molecule has 0 aliphatic carbocycles. The Labute approximate surface area is 92.7 Å². The molecule has 0 saturated carbocycles. The summed E-state index contributed by atoms with van der Waals surface area (Å²) < 4.78 is 0. The van der Waals surface area contributed by atoms with Gasteiger partial charge in [-0.2, -0.15) is 0 Å². The smallest absolute Gasteiger partial charge is 0.00520 e. The Bertz CT molecular complexity index is 56.3. The zero-order valence-corrected chi connectivity index (χ0v) is 11.6. The zero-order chi connectivity index (χ0) is 11.8. The molecule has 0 aliphatic heterocycles. The molecule has 0 radical (unpaired) electrons. The van der Waals surface area contributed by atoms with E-state index in [1.165, 1.54) is 25.7 Å². The van der Waals surface area contributed by atoms with Crippen molar-refractivity contribution < 1.29 is 0 Å². The largest absolute Gasteiger partial charge is 0.320 e. The maximum absolute atomic E-state index is 3.07. The second-order valence-corrected chi connectivity index (χ2v) is 3.64. The van der Waals surface area contributed by atoms with Gasteiger partial charge in [0.1, 0.15) is 0 Å². The van der Waals surface area contributed by atoms with Crippen LogP contribution in [0, 0.1) is 5.92 Å². The van der Waals surface area contributed by atoms with Crippen molar-refractivity contribution >= 4 is 0 Å². The van der Waals surface area contributed by atoms with Gasteiger partial charge < -0.3 is 5.32 Å². The van der Waals surface area contributed by atoms with Crippen LogP contribution in [-0.2, 0) is 0 Å². The van der Waals surface area contributed by atoms with Crippen LogP contribution in [0.5, 0.6) is 0 Å². The molecular weight excluding hydrogens is 170 g/mol. The summed E-state index contributed by atoms with van der Waals surface area (Å²) in [5, 5.41) is 3.07. The van der Waals surface area contributed by atoms with Gasteiger partial charge in [0.05, 0.1) is 0 Å². The topological polar surface area (TPSA) is 12.0 Å². The van der Waals surface area contributed by atoms with Crippen LogP contribution in [0.1, 0.15) is 67.2 Å². The first-order valence-electron chi connectivity index (χ1n) is 6.33. The summed E-state index contributed by atoms with van der Waals surface area (Å²) in [7, 11) is 1.98. The van der Waals surface area contributed by atoms with Gasteiger partial charge in [-0.25, -0.2) is 0 Å². The van der Waals surface area contributed by atoms with E-state index in [1.54, 1.807) is 0 Å². The second kappa shape index (κ2) is 23.1. The second-order valence-electron chi connectivity index (χ2n) is 3.64. The Hall–Kier alpha value is -0.0400. The molecule has 90 valence electrons. The minimum absolute atomic E-state index is 0.898. The maximum atomic E-state index is 3.07. The van der Waals surface area contributed by atoms with Crippen LogP contribution < -0.4 is 5.32 Å². The van der Waals surface area contributed by atoms with Gasteiger partial charge in [0.2, 0.25) is 0 Å². The fourth-order valence-corrected chi connectivity index (χ4v) is 0.931. The van der Waals surface area contributed by atoms with Crippen LogP contribution in [0.25, 0.3) is 0 Å². The fourth-order valence-electron chi connectivity index (χ4n) is 0.931. The van der Waals surface area contributed by atoms with Gasteiger partial charge in [-0.1, -0.05) is 60.8 Å². The predicted octanol–water partition coefficient (Wildman–Crippen LogP) is 4.47. The number of hydrogen-bond acceptors (Lipinski definition) is 1. The van der Waals surface area contributed by atoms with Crippen LogP contribution in [0.15, 0.2) is 0 Å². The van der Waals surface area contributed by atoms with Crippen LogP contribution in [0.4, 0.5) is 0 Å². The number of nitrogens with one attached hydrogen (secondary N) is 1. The van der Waals surface area contributed by atoms with Crippen LogP contribution in [0.2, 0.25) is 0 Å². The van der Waals surface area contributed by atoms with E-state index in [-0.39, 0.29) is 0 Å². The summed E-state index contributed by atoms with van der Waals surface area (Å²) in [5.74, 6) is 0.898. The van der Waals surface area contributed by atoms with Crippen molar-refractivity contribution in [2.24, 2.45) is 5.92 Å². The first-order valence-corrected chi connectivity index (χ1v) is 6.33. The average Bonchev–Trinajstić information content (AvgIpc) is 2.18. The van der Waals surface area contributed by atoms with Gasteiger partial charge in [-0.15, -0.1) is 0 Å². The molecule has 0 spiro atoms. The van der Waals surface area contributed by atoms with Crippen molar-refractivity contribution in [3.63, 3.8) is 0 Å². The van der Waals surface area contributed by atoms with E-state index >= 15 is 0 Å². The molecule has 0 aromatic carbocycles. The third kappa shape index (κ3) is 40.4. The Kier molecular flexibility index (Phi) is 32.2. The summed E-state index contributed by atoms with van der Waals surface area (Å²) in [6, 6.07) is 0. The number of rotatable bonds is 5. The lowest BCUT2D eigenvalue weighted by Crippen LogP contribution is -2.06. The number of hydrogen-bond donors (Lipinski definition) is 1. The molecule has 0 bridgehead atoms. The van der Waals surface area contributed by atoms with E-state index in [0.717, 1.165) is 12.5 Å². The predicted molar refractivity (Wildman–Crippen MR) is 69.9 cm³/mol. The van der Waals surface area contributed by atoms with Gasteiger partial charge in [-0.3, -0.25) is 0 Å². The Balaban J connectivity index is -0.000000147. The lowest BCUT2D eigenvalue weighted by molar-refractivity contribution is 0.576. The Morgan fingerprint density at radius 2 is 1.50 bits per heavy atom. The van der Waals surface area contributed by atoms with E-state index in [2.05, 4.69) is 33.0 Å². The molecule has 0 unspecified atom stereocenters. The van der Waals surface area contributed by atoms with Crippen molar-refractivity contribution in [1.29, 1.82) is 0 Å². The molecular formula is C13H33N. The van der Waals surface area contributed by atoms with Crippen molar-refractivity contribution in [2.75, 3.05) is 13.6 Å².